The van der Waals surface area contributed by atoms with Crippen LogP contribution in [0.15, 0.2) is 35.3 Å². The highest BCUT2D eigenvalue weighted by molar-refractivity contribution is 14.0. The molecule has 1 saturated carbocycles. The SMILES string of the molecule is CCNC(=NCC1(CCOC)CCC1)NCCCN(C)c1ccccc1.I. The topological polar surface area (TPSA) is 48.9 Å². The number of rotatable bonds is 11. The summed E-state index contributed by atoms with van der Waals surface area (Å²) >= 11 is 0. The lowest BCUT2D eigenvalue weighted by atomic mass is 9.67. The summed E-state index contributed by atoms with van der Waals surface area (Å²) in [5.74, 6) is 0.943. The van der Waals surface area contributed by atoms with Crippen molar-refractivity contribution in [2.75, 3.05) is 51.8 Å². The first-order valence-electron chi connectivity index (χ1n) is 9.96. The highest BCUT2D eigenvalue weighted by atomic mass is 127. The van der Waals surface area contributed by atoms with Crippen molar-refractivity contribution >= 4 is 35.6 Å². The van der Waals surface area contributed by atoms with Gasteiger partial charge in [-0.25, -0.2) is 0 Å². The van der Waals surface area contributed by atoms with Crippen molar-refractivity contribution in [1.82, 2.24) is 10.6 Å². The number of anilines is 1. The molecule has 0 unspecified atom stereocenters. The van der Waals surface area contributed by atoms with E-state index in [0.717, 1.165) is 51.6 Å². The molecule has 0 heterocycles. The Bertz CT molecular complexity index is 534. The quantitative estimate of drug-likeness (QED) is 0.215. The molecule has 6 heteroatoms. The molecule has 1 aromatic rings. The van der Waals surface area contributed by atoms with Crippen molar-refractivity contribution in [3.05, 3.63) is 30.3 Å². The van der Waals surface area contributed by atoms with E-state index in [0.29, 0.717) is 5.41 Å². The van der Waals surface area contributed by atoms with Crippen LogP contribution in [-0.4, -0.2) is 52.9 Å². The van der Waals surface area contributed by atoms with E-state index in [-0.39, 0.29) is 24.0 Å². The second-order valence-corrected chi connectivity index (χ2v) is 7.33. The zero-order valence-electron chi connectivity index (χ0n) is 17.2. The molecule has 0 atom stereocenters. The maximum absolute atomic E-state index is 5.28. The molecule has 1 aromatic carbocycles. The molecule has 0 radical (unpaired) electrons. The third-order valence-corrected chi connectivity index (χ3v) is 5.33. The monoisotopic (exact) mass is 488 g/mol. The predicted molar refractivity (Wildman–Crippen MR) is 127 cm³/mol. The molecule has 2 N–H and O–H groups in total. The molecule has 1 aliphatic rings. The third-order valence-electron chi connectivity index (χ3n) is 5.33. The Morgan fingerprint density at radius 3 is 2.56 bits per heavy atom. The van der Waals surface area contributed by atoms with Crippen molar-refractivity contribution in [2.45, 2.75) is 39.0 Å². The molecule has 0 bridgehead atoms. The number of nitrogens with one attached hydrogen (secondary N) is 2. The Labute approximate surface area is 182 Å². The standard InChI is InChI=1S/C21H36N4O.HI/c1-4-22-20(24-18-21(12-8-13-21)14-17-26-3)23-15-9-16-25(2)19-10-6-5-7-11-19;/h5-7,10-11H,4,8-9,12-18H2,1-3H3,(H2,22,23,24);1H. The first-order chi connectivity index (χ1) is 12.7. The maximum Gasteiger partial charge on any atom is 0.191 e. The van der Waals surface area contributed by atoms with Gasteiger partial charge in [-0.3, -0.25) is 4.99 Å². The van der Waals surface area contributed by atoms with Gasteiger partial charge in [0.1, 0.15) is 0 Å². The van der Waals surface area contributed by atoms with Crippen molar-refractivity contribution < 1.29 is 4.74 Å². The molecule has 0 aliphatic heterocycles. The van der Waals surface area contributed by atoms with Crippen LogP contribution in [-0.2, 0) is 4.74 Å². The minimum absolute atomic E-state index is 0. The summed E-state index contributed by atoms with van der Waals surface area (Å²) in [4.78, 5) is 7.15. The van der Waals surface area contributed by atoms with E-state index in [1.807, 2.05) is 0 Å². The van der Waals surface area contributed by atoms with Gasteiger partial charge in [-0.05, 0) is 50.2 Å². The summed E-state index contributed by atoms with van der Waals surface area (Å²) in [5, 5.41) is 6.86. The zero-order valence-corrected chi connectivity index (χ0v) is 19.5. The number of halogens is 1. The zero-order chi connectivity index (χ0) is 18.7. The Kier molecular flexibility index (Phi) is 11.7. The normalized spacial score (nSPS) is 15.4. The van der Waals surface area contributed by atoms with Crippen LogP contribution in [0.1, 0.15) is 39.0 Å². The van der Waals surface area contributed by atoms with Gasteiger partial charge in [0.2, 0.25) is 0 Å². The second-order valence-electron chi connectivity index (χ2n) is 7.33. The molecular formula is C21H37IN4O. The number of ether oxygens (including phenoxy) is 1. The van der Waals surface area contributed by atoms with Crippen LogP contribution in [0.2, 0.25) is 0 Å². The molecule has 0 aromatic heterocycles. The Balaban J connectivity index is 0.00000364. The van der Waals surface area contributed by atoms with Gasteiger partial charge in [0, 0.05) is 52.6 Å². The average Bonchev–Trinajstić information content (AvgIpc) is 2.64. The lowest BCUT2D eigenvalue weighted by molar-refractivity contribution is 0.0778. The fraction of sp³-hybridized carbons (Fsp3) is 0.667. The largest absolute Gasteiger partial charge is 0.385 e. The molecule has 1 aliphatic carbocycles. The van der Waals surface area contributed by atoms with Crippen LogP contribution >= 0.6 is 24.0 Å². The smallest absolute Gasteiger partial charge is 0.191 e. The fourth-order valence-corrected chi connectivity index (χ4v) is 3.41. The Hall–Kier alpha value is -1.02. The van der Waals surface area contributed by atoms with Gasteiger partial charge in [0.25, 0.3) is 0 Å². The molecule has 5 nitrogen and oxygen atoms in total. The van der Waals surface area contributed by atoms with Crippen LogP contribution in [0.5, 0.6) is 0 Å². The van der Waals surface area contributed by atoms with Crippen LogP contribution in [0.3, 0.4) is 0 Å². The van der Waals surface area contributed by atoms with E-state index in [2.05, 4.69) is 59.8 Å². The van der Waals surface area contributed by atoms with Crippen LogP contribution < -0.4 is 15.5 Å². The van der Waals surface area contributed by atoms with Gasteiger partial charge < -0.3 is 20.3 Å². The van der Waals surface area contributed by atoms with Crippen molar-refractivity contribution in [2.24, 2.45) is 10.4 Å². The van der Waals surface area contributed by atoms with Gasteiger partial charge in [-0.1, -0.05) is 24.6 Å². The number of para-hydroxylation sites is 1. The summed E-state index contributed by atoms with van der Waals surface area (Å²) < 4.78 is 5.28. The number of benzene rings is 1. The molecule has 0 saturated heterocycles. The lowest BCUT2D eigenvalue weighted by Crippen LogP contribution is -2.41. The van der Waals surface area contributed by atoms with Crippen LogP contribution in [0.25, 0.3) is 0 Å². The number of guanidine groups is 1. The predicted octanol–water partition coefficient (Wildman–Crippen LogP) is 3.89. The number of aliphatic imine (C=N–C) groups is 1. The van der Waals surface area contributed by atoms with Crippen molar-refractivity contribution in [1.29, 1.82) is 0 Å². The number of hydrogen-bond acceptors (Lipinski definition) is 3. The summed E-state index contributed by atoms with van der Waals surface area (Å²) in [6, 6.07) is 10.5. The molecule has 154 valence electrons. The highest BCUT2D eigenvalue weighted by Gasteiger charge is 2.36. The first-order valence-corrected chi connectivity index (χ1v) is 9.96. The first kappa shape index (κ1) is 24.0. The number of hydrogen-bond donors (Lipinski definition) is 2. The van der Waals surface area contributed by atoms with Crippen LogP contribution in [0, 0.1) is 5.41 Å². The van der Waals surface area contributed by atoms with E-state index in [1.165, 1.54) is 24.9 Å². The van der Waals surface area contributed by atoms with E-state index >= 15 is 0 Å². The molecular weight excluding hydrogens is 451 g/mol. The van der Waals surface area contributed by atoms with Gasteiger partial charge in [0.15, 0.2) is 5.96 Å². The summed E-state index contributed by atoms with van der Waals surface area (Å²) in [6.45, 7) is 6.69. The minimum Gasteiger partial charge on any atom is -0.385 e. The number of nitrogens with zero attached hydrogens (tertiary/aromatic N) is 2. The van der Waals surface area contributed by atoms with Gasteiger partial charge >= 0.3 is 0 Å². The van der Waals surface area contributed by atoms with Gasteiger partial charge in [-0.15, -0.1) is 24.0 Å². The average molecular weight is 488 g/mol. The van der Waals surface area contributed by atoms with E-state index < -0.39 is 0 Å². The molecule has 1 fully saturated rings. The summed E-state index contributed by atoms with van der Waals surface area (Å²) in [7, 11) is 3.93. The summed E-state index contributed by atoms with van der Waals surface area (Å²) in [6.07, 6.45) is 6.08. The van der Waals surface area contributed by atoms with E-state index in [9.17, 15) is 0 Å². The van der Waals surface area contributed by atoms with Gasteiger partial charge in [0.05, 0.1) is 0 Å². The van der Waals surface area contributed by atoms with Gasteiger partial charge in [-0.2, -0.15) is 0 Å². The van der Waals surface area contributed by atoms with Crippen LogP contribution in [0.4, 0.5) is 5.69 Å². The van der Waals surface area contributed by atoms with E-state index in [4.69, 9.17) is 9.73 Å². The molecule has 0 amide bonds. The summed E-state index contributed by atoms with van der Waals surface area (Å²) in [5.41, 5.74) is 1.63. The Morgan fingerprint density at radius 2 is 1.96 bits per heavy atom. The third kappa shape index (κ3) is 8.25. The minimum atomic E-state index is 0. The molecule has 27 heavy (non-hydrogen) atoms. The maximum atomic E-state index is 5.28. The Morgan fingerprint density at radius 1 is 1.22 bits per heavy atom. The highest BCUT2D eigenvalue weighted by Crippen LogP contribution is 2.44. The fourth-order valence-electron chi connectivity index (χ4n) is 3.41. The second kappa shape index (κ2) is 13.2. The lowest BCUT2D eigenvalue weighted by Gasteiger charge is -2.40. The number of methoxy groups -OCH3 is 1. The van der Waals surface area contributed by atoms with E-state index in [1.54, 1.807) is 7.11 Å². The molecule has 2 rings (SSSR count). The van der Waals surface area contributed by atoms with Crippen molar-refractivity contribution in [3.8, 4) is 0 Å². The molecule has 0 spiro atoms. The van der Waals surface area contributed by atoms with Crippen molar-refractivity contribution in [3.63, 3.8) is 0 Å².